The molecule has 0 unspecified atom stereocenters. The minimum Gasteiger partial charge on any atom is -0.494 e. The molecule has 4 aromatic rings. The molecule has 5 rings (SSSR count). The van der Waals surface area contributed by atoms with Crippen LogP contribution >= 0.6 is 0 Å². The number of amides is 1. The van der Waals surface area contributed by atoms with E-state index in [1.165, 1.54) is 35.3 Å². The van der Waals surface area contributed by atoms with E-state index in [4.69, 9.17) is 9.47 Å². The number of halogens is 1. The van der Waals surface area contributed by atoms with Crippen molar-refractivity contribution in [1.82, 2.24) is 34.8 Å². The number of methoxy groups -OCH3 is 2. The van der Waals surface area contributed by atoms with E-state index in [1.807, 2.05) is 6.92 Å². The Labute approximate surface area is 232 Å². The Hall–Kier alpha value is -4.09. The molecule has 3 heterocycles. The number of likely N-dealkylation sites (N-methyl/N-ethyl adjacent to an activating group) is 1. The summed E-state index contributed by atoms with van der Waals surface area (Å²) in [5.74, 6) is -0.243. The van der Waals surface area contributed by atoms with Crippen LogP contribution in [0.3, 0.4) is 0 Å². The van der Waals surface area contributed by atoms with E-state index in [1.54, 1.807) is 24.1 Å². The third kappa shape index (κ3) is 5.75. The van der Waals surface area contributed by atoms with E-state index in [0.717, 1.165) is 25.1 Å². The summed E-state index contributed by atoms with van der Waals surface area (Å²) < 4.78 is 29.1. The lowest BCUT2D eigenvalue weighted by Crippen LogP contribution is -2.26. The van der Waals surface area contributed by atoms with Gasteiger partial charge in [0.05, 0.1) is 31.5 Å². The van der Waals surface area contributed by atoms with Crippen molar-refractivity contribution in [2.75, 3.05) is 27.8 Å². The molecule has 0 spiro atoms. The van der Waals surface area contributed by atoms with E-state index in [0.29, 0.717) is 35.7 Å². The van der Waals surface area contributed by atoms with Crippen LogP contribution in [0.25, 0.3) is 5.69 Å². The van der Waals surface area contributed by atoms with Crippen LogP contribution in [0, 0.1) is 5.82 Å². The van der Waals surface area contributed by atoms with Gasteiger partial charge in [-0.15, -0.1) is 0 Å². The number of nitrogens with zero attached hydrogens (tertiary/aromatic N) is 6. The fourth-order valence-corrected chi connectivity index (χ4v) is 4.98. The van der Waals surface area contributed by atoms with Gasteiger partial charge in [0.15, 0.2) is 17.4 Å². The zero-order chi connectivity index (χ0) is 28.2. The van der Waals surface area contributed by atoms with E-state index >= 15 is 4.39 Å². The highest BCUT2D eigenvalue weighted by atomic mass is 19.1. The monoisotopic (exact) mass is 547 g/mol. The molecule has 1 amide bonds. The van der Waals surface area contributed by atoms with Crippen LogP contribution in [0.2, 0.25) is 0 Å². The van der Waals surface area contributed by atoms with Gasteiger partial charge in [-0.25, -0.2) is 14.1 Å². The Morgan fingerprint density at radius 2 is 2.00 bits per heavy atom. The van der Waals surface area contributed by atoms with Gasteiger partial charge < -0.3 is 19.7 Å². The summed E-state index contributed by atoms with van der Waals surface area (Å²) in [5, 5.41) is 11.9. The average Bonchev–Trinajstić information content (AvgIpc) is 3.59. The summed E-state index contributed by atoms with van der Waals surface area (Å²) in [7, 11) is 5.08. The molecule has 40 heavy (non-hydrogen) atoms. The van der Waals surface area contributed by atoms with Gasteiger partial charge >= 0.3 is 0 Å². The zero-order valence-electron chi connectivity index (χ0n) is 23.3. The lowest BCUT2D eigenvalue weighted by atomic mass is 9.98. The normalized spacial score (nSPS) is 13.3. The van der Waals surface area contributed by atoms with Crippen molar-refractivity contribution in [3.63, 3.8) is 0 Å². The average molecular weight is 548 g/mol. The summed E-state index contributed by atoms with van der Waals surface area (Å²) in [4.78, 5) is 19.9. The molecule has 2 aromatic heterocycles. The zero-order valence-corrected chi connectivity index (χ0v) is 23.3. The van der Waals surface area contributed by atoms with Gasteiger partial charge in [0, 0.05) is 44.9 Å². The van der Waals surface area contributed by atoms with Crippen LogP contribution in [0.4, 0.5) is 4.39 Å². The molecule has 0 saturated carbocycles. The van der Waals surface area contributed by atoms with Gasteiger partial charge in [0.25, 0.3) is 5.91 Å². The first-order chi connectivity index (χ1) is 19.4. The van der Waals surface area contributed by atoms with Crippen molar-refractivity contribution in [3.8, 4) is 11.4 Å². The first-order valence-corrected chi connectivity index (χ1v) is 13.3. The maximum Gasteiger partial charge on any atom is 0.255 e. The fourth-order valence-electron chi connectivity index (χ4n) is 4.98. The van der Waals surface area contributed by atoms with Gasteiger partial charge in [-0.3, -0.25) is 9.48 Å². The van der Waals surface area contributed by atoms with Gasteiger partial charge in [-0.2, -0.15) is 10.2 Å². The van der Waals surface area contributed by atoms with E-state index < -0.39 is 5.82 Å². The molecular formula is C29H34FN7O3. The Balaban J connectivity index is 1.37. The smallest absolute Gasteiger partial charge is 0.255 e. The van der Waals surface area contributed by atoms with Crippen molar-refractivity contribution in [2.45, 2.75) is 46.0 Å². The van der Waals surface area contributed by atoms with Crippen LogP contribution < -0.4 is 10.1 Å². The summed E-state index contributed by atoms with van der Waals surface area (Å²) in [6.45, 7) is 4.52. The number of carbonyl (C=O) groups is 1. The maximum atomic E-state index is 15.4. The number of hydrogen-bond acceptors (Lipinski definition) is 7. The first kappa shape index (κ1) is 27.5. The second-order valence-electron chi connectivity index (χ2n) is 9.93. The Bertz CT molecular complexity index is 1510. The van der Waals surface area contributed by atoms with Gasteiger partial charge in [-0.05, 0) is 42.3 Å². The Morgan fingerprint density at radius 3 is 2.75 bits per heavy atom. The summed E-state index contributed by atoms with van der Waals surface area (Å²) in [6.07, 6.45) is 4.93. The van der Waals surface area contributed by atoms with Gasteiger partial charge in [-0.1, -0.05) is 25.1 Å². The molecule has 0 atom stereocenters. The minimum absolute atomic E-state index is 0.0768. The van der Waals surface area contributed by atoms with Gasteiger partial charge in [0.2, 0.25) is 0 Å². The first-order valence-electron chi connectivity index (χ1n) is 13.3. The molecule has 210 valence electrons. The Morgan fingerprint density at radius 1 is 1.15 bits per heavy atom. The largest absolute Gasteiger partial charge is 0.494 e. The quantitative estimate of drug-likeness (QED) is 0.325. The van der Waals surface area contributed by atoms with Crippen LogP contribution in [-0.4, -0.2) is 63.2 Å². The van der Waals surface area contributed by atoms with Crippen molar-refractivity contribution in [1.29, 1.82) is 0 Å². The number of carbonyl (C=O) groups excluding carboxylic acids is 1. The summed E-state index contributed by atoms with van der Waals surface area (Å²) in [6, 6.07) is 9.74. The predicted molar refractivity (Wildman–Crippen MR) is 147 cm³/mol. The van der Waals surface area contributed by atoms with Crippen LogP contribution in [-0.2, 0) is 43.8 Å². The number of hydrogen-bond donors (Lipinski definition) is 1. The maximum absolute atomic E-state index is 15.4. The summed E-state index contributed by atoms with van der Waals surface area (Å²) >= 11 is 0. The molecule has 0 radical (unpaired) electrons. The van der Waals surface area contributed by atoms with Crippen molar-refractivity contribution in [2.24, 2.45) is 0 Å². The lowest BCUT2D eigenvalue weighted by Gasteiger charge is -2.25. The molecule has 0 bridgehead atoms. The second-order valence-corrected chi connectivity index (χ2v) is 9.93. The molecule has 10 nitrogen and oxygen atoms in total. The number of benzene rings is 2. The Kier molecular flexibility index (Phi) is 8.22. The fraction of sp³-hybridized carbons (Fsp3) is 0.379. The highest BCUT2D eigenvalue weighted by Crippen LogP contribution is 2.26. The SMILES string of the molecule is CCc1ncn(-c2ccc(OC)c(F)c2CNC(=O)c2cn(Cc3ccc4c(c3)CN(C)CC4)nc2COC)n1. The van der Waals surface area contributed by atoms with Crippen molar-refractivity contribution in [3.05, 3.63) is 88.0 Å². The van der Waals surface area contributed by atoms with Crippen LogP contribution in [0.1, 0.15) is 51.1 Å². The molecule has 0 aliphatic carbocycles. The van der Waals surface area contributed by atoms with E-state index in [9.17, 15) is 4.79 Å². The topological polar surface area (TPSA) is 99.3 Å². The molecule has 1 aliphatic rings. The van der Waals surface area contributed by atoms with Gasteiger partial charge in [0.1, 0.15) is 12.0 Å². The lowest BCUT2D eigenvalue weighted by molar-refractivity contribution is 0.0945. The molecule has 0 saturated heterocycles. The highest BCUT2D eigenvalue weighted by Gasteiger charge is 2.21. The van der Waals surface area contributed by atoms with E-state index in [-0.39, 0.29) is 30.4 Å². The standard InChI is InChI=1S/C29H34FN7O3/c1-5-27-32-18-37(34-27)25-8-9-26(40-4)28(30)22(25)13-31-29(38)23-16-36(33-24(23)17-39-3)14-19-6-7-20-10-11-35(2)15-21(20)12-19/h6-9,12,16,18H,5,10-11,13-15,17H2,1-4H3,(H,31,38). The number of aromatic nitrogens is 5. The van der Waals surface area contributed by atoms with Crippen molar-refractivity contribution < 1.29 is 18.7 Å². The molecule has 1 N–H and O–H groups in total. The van der Waals surface area contributed by atoms with Crippen LogP contribution in [0.15, 0.2) is 42.9 Å². The third-order valence-corrected chi connectivity index (χ3v) is 7.11. The van der Waals surface area contributed by atoms with E-state index in [2.05, 4.69) is 50.6 Å². The predicted octanol–water partition coefficient (Wildman–Crippen LogP) is 3.29. The number of rotatable bonds is 10. The minimum atomic E-state index is -0.570. The van der Waals surface area contributed by atoms with Crippen molar-refractivity contribution >= 4 is 5.91 Å². The number of fused-ring (bicyclic) bond motifs is 1. The molecule has 0 fully saturated rings. The molecular weight excluding hydrogens is 513 g/mol. The number of ether oxygens (including phenoxy) is 2. The van der Waals surface area contributed by atoms with Crippen LogP contribution in [0.5, 0.6) is 5.75 Å². The third-order valence-electron chi connectivity index (χ3n) is 7.11. The second kappa shape index (κ2) is 12.0. The summed E-state index contributed by atoms with van der Waals surface area (Å²) in [5.41, 5.74) is 5.39. The number of aryl methyl sites for hydroxylation is 1. The molecule has 2 aromatic carbocycles. The highest BCUT2D eigenvalue weighted by molar-refractivity contribution is 5.95. The number of nitrogens with one attached hydrogen (secondary N) is 1. The molecule has 11 heteroatoms. The molecule has 1 aliphatic heterocycles.